The molecule has 2 N–H and O–H groups in total. The third-order valence-electron chi connectivity index (χ3n) is 5.85. The third-order valence-corrected chi connectivity index (χ3v) is 7.63. The molecule has 0 aliphatic carbocycles. The van der Waals surface area contributed by atoms with E-state index >= 15 is 0 Å². The normalized spacial score (nSPS) is 15.4. The van der Waals surface area contributed by atoms with E-state index in [9.17, 15) is 0 Å². The van der Waals surface area contributed by atoms with E-state index < -0.39 is 6.10 Å². The molecule has 37 heavy (non-hydrogen) atoms. The molecule has 0 saturated carbocycles. The van der Waals surface area contributed by atoms with Crippen LogP contribution in [-0.2, 0) is 11.3 Å². The van der Waals surface area contributed by atoms with Crippen molar-refractivity contribution in [2.24, 2.45) is 0 Å². The highest BCUT2D eigenvalue weighted by molar-refractivity contribution is 14.2. The average molecular weight is 670 g/mol. The van der Waals surface area contributed by atoms with E-state index in [4.69, 9.17) is 38.1 Å². The van der Waals surface area contributed by atoms with E-state index in [2.05, 4.69) is 42.0 Å². The number of hydrogen-bond acceptors (Lipinski definition) is 7. The predicted molar refractivity (Wildman–Crippen MR) is 162 cm³/mol. The fourth-order valence-corrected chi connectivity index (χ4v) is 5.80. The van der Waals surface area contributed by atoms with E-state index in [0.717, 1.165) is 55.4 Å². The van der Waals surface area contributed by atoms with Crippen molar-refractivity contribution in [1.29, 1.82) is 5.41 Å². The predicted octanol–water partition coefficient (Wildman–Crippen LogP) is 7.19. The number of nitrogens with zero attached hydrogens (tertiary/aromatic N) is 3. The molecule has 4 rings (SSSR count). The summed E-state index contributed by atoms with van der Waals surface area (Å²) < 4.78 is 11.6. The van der Waals surface area contributed by atoms with Crippen LogP contribution in [-0.4, -0.2) is 46.9 Å². The smallest absolute Gasteiger partial charge is 0.124 e. The molecule has 7 nitrogen and oxygen atoms in total. The molecule has 3 aromatic rings. The number of aromatic nitrogens is 2. The lowest BCUT2D eigenvalue weighted by Crippen LogP contribution is -2.35. The summed E-state index contributed by atoms with van der Waals surface area (Å²) in [6.45, 7) is 6.10. The highest BCUT2D eigenvalue weighted by Crippen LogP contribution is 2.35. The molecule has 1 fully saturated rings. The molecule has 194 valence electrons. The minimum atomic E-state index is -0.395. The minimum absolute atomic E-state index is 0.354. The van der Waals surface area contributed by atoms with Gasteiger partial charge in [0, 0.05) is 61.4 Å². The van der Waals surface area contributed by atoms with Crippen LogP contribution >= 0.6 is 51.6 Å². The Bertz CT molecular complexity index is 1240. The Kier molecular flexibility index (Phi) is 10.5. The zero-order valence-electron chi connectivity index (χ0n) is 20.2. The molecule has 11 heteroatoms. The Hall–Kier alpha value is -1.81. The Morgan fingerprint density at radius 1 is 1.22 bits per heavy atom. The molecular formula is C26H27Cl2IN5O2P. The second kappa shape index (κ2) is 13.8. The summed E-state index contributed by atoms with van der Waals surface area (Å²) in [5.74, 6) is 0.612. The Morgan fingerprint density at radius 3 is 2.65 bits per heavy atom. The first kappa shape index (κ1) is 28.2. The lowest BCUT2D eigenvalue weighted by molar-refractivity contribution is 0.0336. The van der Waals surface area contributed by atoms with Crippen molar-refractivity contribution in [3.05, 3.63) is 87.4 Å². The molecule has 2 unspecified atom stereocenters. The maximum atomic E-state index is 8.75. The molecule has 0 spiro atoms. The first-order valence-corrected chi connectivity index (χ1v) is 16.5. The van der Waals surface area contributed by atoms with Gasteiger partial charge in [0.2, 0.25) is 0 Å². The monoisotopic (exact) mass is 669 g/mol. The molecule has 2 atom stereocenters. The molecule has 0 bridgehead atoms. The highest BCUT2D eigenvalue weighted by Gasteiger charge is 2.17. The number of pyridine rings is 2. The molecule has 1 aliphatic rings. The van der Waals surface area contributed by atoms with E-state index in [1.165, 1.54) is 0 Å². The van der Waals surface area contributed by atoms with Crippen molar-refractivity contribution in [2.45, 2.75) is 19.6 Å². The molecule has 0 radical (unpaired) electrons. The fraction of sp³-hybridized carbons (Fsp3) is 0.269. The molecule has 1 aromatic carbocycles. The van der Waals surface area contributed by atoms with Gasteiger partial charge in [0.15, 0.2) is 0 Å². The summed E-state index contributed by atoms with van der Waals surface area (Å²) in [5.41, 5.74) is 4.58. The number of nitrogens with one attached hydrogen (secondary N) is 2. The van der Waals surface area contributed by atoms with Crippen LogP contribution in [0.5, 0.6) is 5.75 Å². The average Bonchev–Trinajstić information content (AvgIpc) is 2.89. The second-order valence-electron chi connectivity index (χ2n) is 8.42. The summed E-state index contributed by atoms with van der Waals surface area (Å²) >= 11 is 14.9. The van der Waals surface area contributed by atoms with Gasteiger partial charge in [-0.3, -0.25) is 14.9 Å². The number of hydrogen-bond donors (Lipinski definition) is 2. The van der Waals surface area contributed by atoms with Crippen molar-refractivity contribution >= 4 is 69.1 Å². The molecule has 2 aromatic heterocycles. The molecule has 3 heterocycles. The Labute approximate surface area is 241 Å². The van der Waals surface area contributed by atoms with E-state index in [-0.39, 0.29) is 0 Å². The van der Waals surface area contributed by atoms with Crippen molar-refractivity contribution in [2.75, 3.05) is 31.4 Å². The quantitative estimate of drug-likeness (QED) is 0.135. The molecule has 1 aliphatic heterocycles. The van der Waals surface area contributed by atoms with Crippen LogP contribution in [0.15, 0.2) is 55.0 Å². The van der Waals surface area contributed by atoms with E-state index in [1.54, 1.807) is 18.5 Å². The van der Waals surface area contributed by atoms with Gasteiger partial charge in [-0.1, -0.05) is 35.3 Å². The zero-order valence-corrected chi connectivity index (χ0v) is 24.8. The highest BCUT2D eigenvalue weighted by atomic mass is 127. The van der Waals surface area contributed by atoms with Crippen LogP contribution in [0.3, 0.4) is 0 Å². The van der Waals surface area contributed by atoms with E-state index in [0.29, 0.717) is 33.4 Å². The van der Waals surface area contributed by atoms with Crippen molar-refractivity contribution in [3.63, 3.8) is 0 Å². The summed E-state index contributed by atoms with van der Waals surface area (Å²) in [7, 11) is 0. The number of morpholine rings is 1. The van der Waals surface area contributed by atoms with Gasteiger partial charge in [-0.05, 0) is 64.9 Å². The molecular weight excluding hydrogens is 643 g/mol. The first-order valence-electron chi connectivity index (χ1n) is 11.7. The maximum absolute atomic E-state index is 8.75. The summed E-state index contributed by atoms with van der Waals surface area (Å²) in [6, 6.07) is 9.71. The summed E-state index contributed by atoms with van der Waals surface area (Å²) in [6.07, 6.45) is 8.68. The number of halogens is 3. The maximum Gasteiger partial charge on any atom is 0.124 e. The number of rotatable bonds is 10. The van der Waals surface area contributed by atoms with Gasteiger partial charge >= 0.3 is 0 Å². The number of anilines is 1. The van der Waals surface area contributed by atoms with Gasteiger partial charge in [-0.15, -0.1) is 0 Å². The SMILES string of the molecule is CC(Oc1ccc(NPI)c(C(=N)/C=C/c2ccc(CN3CCOCC3)nc2)c1)c1c(Cl)cncc1Cl. The second-order valence-corrected chi connectivity index (χ2v) is 11.3. The van der Waals surface area contributed by atoms with Crippen LogP contribution in [0, 0.1) is 5.41 Å². The summed E-state index contributed by atoms with van der Waals surface area (Å²) in [5, 5.41) is 13.0. The summed E-state index contributed by atoms with van der Waals surface area (Å²) in [4.78, 5) is 10.9. The number of ether oxygens (including phenoxy) is 2. The first-order chi connectivity index (χ1) is 17.9. The van der Waals surface area contributed by atoms with Gasteiger partial charge in [-0.2, -0.15) is 0 Å². The van der Waals surface area contributed by atoms with Crippen molar-refractivity contribution in [3.8, 4) is 5.75 Å². The Balaban J connectivity index is 1.47. The van der Waals surface area contributed by atoms with Gasteiger partial charge in [0.25, 0.3) is 0 Å². The van der Waals surface area contributed by atoms with Crippen molar-refractivity contribution < 1.29 is 9.47 Å². The van der Waals surface area contributed by atoms with Crippen LogP contribution in [0.2, 0.25) is 10.0 Å². The van der Waals surface area contributed by atoms with Gasteiger partial charge in [-0.25, -0.2) is 0 Å². The fourth-order valence-electron chi connectivity index (χ4n) is 3.94. The lowest BCUT2D eigenvalue weighted by atomic mass is 10.1. The zero-order chi connectivity index (χ0) is 26.2. The Morgan fingerprint density at radius 2 is 1.97 bits per heavy atom. The molecule has 0 amide bonds. The van der Waals surface area contributed by atoms with Crippen LogP contribution < -0.4 is 9.82 Å². The topological polar surface area (TPSA) is 83.4 Å². The third kappa shape index (κ3) is 7.85. The standard InChI is InChI=1S/C26H27Cl2IN5O2P/c1-17(26-22(27)14-31-15-23(26)28)36-20-5-7-25(33-37-29)21(12-20)24(30)6-3-18-2-4-19(32-13-18)16-34-8-10-35-11-9-34/h2-7,12-15,17,30,33,37H,8-11,16H2,1H3/b6-3+,30-24?. The van der Waals surface area contributed by atoms with Gasteiger partial charge < -0.3 is 20.0 Å². The van der Waals surface area contributed by atoms with Crippen LogP contribution in [0.25, 0.3) is 6.08 Å². The number of allylic oxidation sites excluding steroid dienone is 1. The largest absolute Gasteiger partial charge is 0.486 e. The molecule has 1 saturated heterocycles. The van der Waals surface area contributed by atoms with Crippen molar-refractivity contribution in [1.82, 2.24) is 14.9 Å². The van der Waals surface area contributed by atoms with Gasteiger partial charge in [0.05, 0.1) is 34.7 Å². The number of benzene rings is 1. The lowest BCUT2D eigenvalue weighted by Gasteiger charge is -2.26. The van der Waals surface area contributed by atoms with Crippen LogP contribution in [0.4, 0.5) is 5.69 Å². The van der Waals surface area contributed by atoms with Gasteiger partial charge in [0.1, 0.15) is 11.9 Å². The van der Waals surface area contributed by atoms with Crippen LogP contribution in [0.1, 0.15) is 35.4 Å². The van der Waals surface area contributed by atoms with E-state index in [1.807, 2.05) is 49.5 Å². The minimum Gasteiger partial charge on any atom is -0.486 e.